The van der Waals surface area contributed by atoms with E-state index in [2.05, 4.69) is 29.8 Å². The Morgan fingerprint density at radius 3 is 2.00 bits per heavy atom. The predicted molar refractivity (Wildman–Crippen MR) is 160 cm³/mol. The van der Waals surface area contributed by atoms with Crippen molar-refractivity contribution in [3.8, 4) is 0 Å². The summed E-state index contributed by atoms with van der Waals surface area (Å²) in [6.07, 6.45) is 10.2. The van der Waals surface area contributed by atoms with Crippen molar-refractivity contribution in [2.45, 2.75) is 122 Å². The molecule has 10 heteroatoms. The first-order valence-electron chi connectivity index (χ1n) is 16.6. The third kappa shape index (κ3) is 5.56. The fourth-order valence-corrected chi connectivity index (χ4v) is 10.0. The van der Waals surface area contributed by atoms with Crippen molar-refractivity contribution in [2.24, 2.45) is 52.1 Å². The average Bonchev–Trinajstić information content (AvgIpc) is 3.18. The van der Waals surface area contributed by atoms with Gasteiger partial charge in [-0.25, -0.2) is 4.79 Å². The van der Waals surface area contributed by atoms with Crippen molar-refractivity contribution >= 4 is 29.5 Å². The summed E-state index contributed by atoms with van der Waals surface area (Å²) in [4.78, 5) is 67.9. The third-order valence-corrected chi connectivity index (χ3v) is 12.2. The van der Waals surface area contributed by atoms with E-state index in [4.69, 9.17) is 5.73 Å². The number of hydrogen-bond donors (Lipinski definition) is 4. The van der Waals surface area contributed by atoms with E-state index in [1.54, 1.807) is 4.90 Å². The lowest BCUT2D eigenvalue weighted by molar-refractivity contribution is -0.145. The van der Waals surface area contributed by atoms with E-state index >= 15 is 0 Å². The lowest BCUT2D eigenvalue weighted by Crippen LogP contribution is -2.65. The molecule has 1 heterocycles. The number of carbonyl (C=O) groups excluding carboxylic acids is 5. The van der Waals surface area contributed by atoms with Gasteiger partial charge in [-0.1, -0.05) is 53.9 Å². The van der Waals surface area contributed by atoms with Crippen molar-refractivity contribution < 1.29 is 24.0 Å². The lowest BCUT2D eigenvalue weighted by atomic mass is 9.53. The van der Waals surface area contributed by atoms with Crippen LogP contribution in [0, 0.1) is 46.3 Å². The van der Waals surface area contributed by atoms with Crippen LogP contribution < -0.4 is 21.7 Å². The second-order valence-electron chi connectivity index (χ2n) is 16.8. The highest BCUT2D eigenvalue weighted by Crippen LogP contribution is 2.65. The van der Waals surface area contributed by atoms with E-state index in [0.717, 1.165) is 38.5 Å². The summed E-state index contributed by atoms with van der Waals surface area (Å²) in [7, 11) is 0. The molecule has 5 N–H and O–H groups in total. The second kappa shape index (κ2) is 10.5. The molecule has 0 radical (unpaired) electrons. The summed E-state index contributed by atoms with van der Waals surface area (Å²) in [5.74, 6) is -0.170. The number of hydrogen-bond acceptors (Lipinski definition) is 5. The van der Waals surface area contributed by atoms with Gasteiger partial charge in [0.1, 0.15) is 12.1 Å². The minimum absolute atomic E-state index is 0.0639. The number of ketones is 1. The number of primary amides is 1. The Morgan fingerprint density at radius 1 is 0.930 bits per heavy atom. The third-order valence-electron chi connectivity index (χ3n) is 12.2. The van der Waals surface area contributed by atoms with Gasteiger partial charge in [-0.05, 0) is 91.3 Å². The number of nitrogens with zero attached hydrogens (tertiary/aromatic N) is 1. The molecule has 5 atom stereocenters. The van der Waals surface area contributed by atoms with E-state index in [1.165, 1.54) is 19.3 Å². The number of amides is 5. The number of Topliss-reactive ketones (excluding diaryl/α,β-unsaturated/α-hetero) is 1. The van der Waals surface area contributed by atoms with Crippen LogP contribution in [-0.2, 0) is 19.2 Å². The van der Waals surface area contributed by atoms with E-state index in [1.807, 2.05) is 20.8 Å². The molecule has 0 unspecified atom stereocenters. The van der Waals surface area contributed by atoms with E-state index in [9.17, 15) is 24.0 Å². The highest BCUT2D eigenvalue weighted by Gasteiger charge is 2.70. The Kier molecular flexibility index (Phi) is 7.40. The molecule has 4 bridgehead atoms. The molecular weight excluding hydrogens is 546 g/mol. The van der Waals surface area contributed by atoms with Crippen LogP contribution in [0.1, 0.15) is 98.8 Å². The lowest BCUT2D eigenvalue weighted by Gasteiger charge is -2.56. The van der Waals surface area contributed by atoms with Crippen LogP contribution in [0.3, 0.4) is 0 Å². The molecule has 6 saturated carbocycles. The predicted octanol–water partition coefficient (Wildman–Crippen LogP) is 2.88. The Bertz CT molecular complexity index is 1170. The molecule has 1 saturated heterocycles. The first-order chi connectivity index (χ1) is 20.1. The summed E-state index contributed by atoms with van der Waals surface area (Å²) in [6, 6.07) is -2.92. The van der Waals surface area contributed by atoms with Crippen molar-refractivity contribution in [1.82, 2.24) is 20.9 Å². The number of likely N-dealkylation sites (tertiary alicyclic amines) is 1. The zero-order valence-electron chi connectivity index (χ0n) is 26.5. The number of piperidine rings is 1. The normalized spacial score (nSPS) is 36.6. The molecule has 10 nitrogen and oxygen atoms in total. The summed E-state index contributed by atoms with van der Waals surface area (Å²) in [5, 5.41) is 9.22. The summed E-state index contributed by atoms with van der Waals surface area (Å²) in [5.41, 5.74) is 4.43. The Morgan fingerprint density at radius 2 is 1.51 bits per heavy atom. The molecule has 6 aliphatic carbocycles. The van der Waals surface area contributed by atoms with Gasteiger partial charge in [0.2, 0.25) is 17.6 Å². The molecule has 0 aromatic carbocycles. The molecular formula is C33H51N5O5. The number of nitrogens with two attached hydrogens (primary N) is 1. The highest BCUT2D eigenvalue weighted by atomic mass is 16.2. The number of fused-ring (bicyclic) bond motifs is 1. The molecule has 1 aliphatic heterocycles. The van der Waals surface area contributed by atoms with E-state index in [0.29, 0.717) is 30.7 Å². The quantitative estimate of drug-likeness (QED) is 0.302. The van der Waals surface area contributed by atoms with Crippen LogP contribution in [0.25, 0.3) is 0 Å². The monoisotopic (exact) mass is 597 g/mol. The van der Waals surface area contributed by atoms with Gasteiger partial charge in [0, 0.05) is 12.1 Å². The smallest absolute Gasteiger partial charge is 0.315 e. The second-order valence-corrected chi connectivity index (χ2v) is 16.8. The maximum absolute atomic E-state index is 14.3. The Balaban J connectivity index is 1.18. The van der Waals surface area contributed by atoms with Crippen LogP contribution in [0.2, 0.25) is 0 Å². The number of urea groups is 1. The molecule has 0 spiro atoms. The minimum atomic E-state index is -1.06. The van der Waals surface area contributed by atoms with Crippen LogP contribution in [0.15, 0.2) is 0 Å². The zero-order chi connectivity index (χ0) is 31.1. The average molecular weight is 598 g/mol. The van der Waals surface area contributed by atoms with Gasteiger partial charge >= 0.3 is 6.03 Å². The fourth-order valence-electron chi connectivity index (χ4n) is 10.0. The van der Waals surface area contributed by atoms with Gasteiger partial charge in [-0.3, -0.25) is 19.2 Å². The summed E-state index contributed by atoms with van der Waals surface area (Å²) in [6.45, 7) is 10.4. The van der Waals surface area contributed by atoms with Gasteiger partial charge < -0.3 is 26.6 Å². The van der Waals surface area contributed by atoms with Gasteiger partial charge in [0.15, 0.2) is 0 Å². The molecule has 238 valence electrons. The van der Waals surface area contributed by atoms with Crippen molar-refractivity contribution in [2.75, 3.05) is 6.54 Å². The Labute approximate surface area is 255 Å². The van der Waals surface area contributed by atoms with Crippen molar-refractivity contribution in [3.63, 3.8) is 0 Å². The van der Waals surface area contributed by atoms with Gasteiger partial charge in [0.05, 0.1) is 6.04 Å². The number of carbonyl (C=O) groups is 5. The molecule has 5 amide bonds. The number of rotatable bonds is 9. The maximum atomic E-state index is 14.3. The highest BCUT2D eigenvalue weighted by molar-refractivity contribution is 6.37. The SMILES string of the molecule is CC(C)(C)[C@H](NC(=O)NC12CC3CC(CC(C3)C1)C2)C(=O)N1C[C@H]2[C@@H]([C@H]1C(=O)N[C@@H](CC1CCC1)C(=O)C(N)=O)C2(C)C. The summed E-state index contributed by atoms with van der Waals surface area (Å²) < 4.78 is 0. The number of nitrogens with one attached hydrogen (secondary N) is 3. The molecule has 7 aliphatic rings. The first kappa shape index (κ1) is 30.4. The molecule has 0 aromatic rings. The minimum Gasteiger partial charge on any atom is -0.363 e. The molecule has 7 rings (SSSR count). The van der Waals surface area contributed by atoms with Gasteiger partial charge in [-0.2, -0.15) is 0 Å². The maximum Gasteiger partial charge on any atom is 0.315 e. The van der Waals surface area contributed by atoms with Gasteiger partial charge in [-0.15, -0.1) is 0 Å². The zero-order valence-corrected chi connectivity index (χ0v) is 26.5. The van der Waals surface area contributed by atoms with Crippen molar-refractivity contribution in [1.29, 1.82) is 0 Å². The van der Waals surface area contributed by atoms with Crippen LogP contribution in [0.5, 0.6) is 0 Å². The standard InChI is InChI=1S/C33H51N5O5/c1-31(2,3)26(36-30(43)37-33-13-18-9-19(14-33)11-20(10-18)15-33)29(42)38-16-21-23(32(21,4)5)24(38)28(41)35-22(25(39)27(34)40)12-17-7-6-8-17/h17-24,26H,6-16H2,1-5H3,(H2,34,40)(H,35,41)(H2,36,37,43)/t18?,19?,20?,21-,22-,23-,24-,26+,33?/m0/s1. The van der Waals surface area contributed by atoms with Crippen LogP contribution in [0.4, 0.5) is 4.79 Å². The topological polar surface area (TPSA) is 151 Å². The Hall–Kier alpha value is -2.65. The first-order valence-corrected chi connectivity index (χ1v) is 16.6. The molecule has 43 heavy (non-hydrogen) atoms. The van der Waals surface area contributed by atoms with Crippen LogP contribution in [-0.4, -0.2) is 64.6 Å². The molecule has 0 aromatic heterocycles. The fraction of sp³-hybridized carbons (Fsp3) is 0.848. The van der Waals surface area contributed by atoms with E-state index < -0.39 is 41.1 Å². The molecule has 7 fully saturated rings. The summed E-state index contributed by atoms with van der Waals surface area (Å²) >= 11 is 0. The van der Waals surface area contributed by atoms with Gasteiger partial charge in [0.25, 0.3) is 5.91 Å². The van der Waals surface area contributed by atoms with E-state index in [-0.39, 0.29) is 40.6 Å². The van der Waals surface area contributed by atoms with Crippen molar-refractivity contribution in [3.05, 3.63) is 0 Å². The van der Waals surface area contributed by atoms with Crippen LogP contribution >= 0.6 is 0 Å². The largest absolute Gasteiger partial charge is 0.363 e.